The molecule has 0 saturated carbocycles. The van der Waals surface area contributed by atoms with Crippen LogP contribution in [-0.2, 0) is 11.3 Å². The summed E-state index contributed by atoms with van der Waals surface area (Å²) in [5.41, 5.74) is 12.0. The Labute approximate surface area is 237 Å². The quantitative estimate of drug-likeness (QED) is 0.293. The number of hydrogen-bond donors (Lipinski definition) is 3. The van der Waals surface area contributed by atoms with Gasteiger partial charge in [-0.2, -0.15) is 0 Å². The van der Waals surface area contributed by atoms with Crippen LogP contribution in [0.5, 0.6) is 0 Å². The maximum Gasteiger partial charge on any atom is 0.255 e. The molecule has 0 spiro atoms. The molecule has 0 unspecified atom stereocenters. The van der Waals surface area contributed by atoms with Gasteiger partial charge in [0.15, 0.2) is 0 Å². The first kappa shape index (κ1) is 25.6. The van der Waals surface area contributed by atoms with E-state index in [0.717, 1.165) is 90.7 Å². The number of benzene rings is 1. The SMILES string of the molecule is N[C@@H]1CCCN(Cc2cc(C(=O)Nc3ccc(-c4cc5c(N6CCOCC6)ncnc5[nH]4)cc3)cc3nccn23)C1. The fourth-order valence-corrected chi connectivity index (χ4v) is 5.86. The third kappa shape index (κ3) is 5.26. The van der Waals surface area contributed by atoms with Crippen LogP contribution >= 0.6 is 0 Å². The van der Waals surface area contributed by atoms with Crippen LogP contribution in [0.2, 0.25) is 0 Å². The van der Waals surface area contributed by atoms with Crippen molar-refractivity contribution in [1.29, 1.82) is 0 Å². The number of likely N-dealkylation sites (tertiary alicyclic amines) is 1. The topological polar surface area (TPSA) is 130 Å². The lowest BCUT2D eigenvalue weighted by Gasteiger charge is -2.30. The number of H-pyrrole nitrogens is 1. The molecule has 2 saturated heterocycles. The second kappa shape index (κ2) is 10.9. The second-order valence-electron chi connectivity index (χ2n) is 10.8. The third-order valence-electron chi connectivity index (χ3n) is 7.94. The van der Waals surface area contributed by atoms with E-state index in [0.29, 0.717) is 18.8 Å². The molecule has 2 aliphatic rings. The van der Waals surface area contributed by atoms with Gasteiger partial charge in [0, 0.05) is 67.3 Å². The molecule has 11 heteroatoms. The number of anilines is 2. The average molecular weight is 552 g/mol. The maximum absolute atomic E-state index is 13.3. The number of hydrogen-bond acceptors (Lipinski definition) is 8. The maximum atomic E-state index is 13.3. The fourth-order valence-electron chi connectivity index (χ4n) is 5.86. The van der Waals surface area contributed by atoms with E-state index in [1.165, 1.54) is 0 Å². The average Bonchev–Trinajstić information content (AvgIpc) is 3.66. The summed E-state index contributed by atoms with van der Waals surface area (Å²) in [6.45, 7) is 5.59. The Morgan fingerprint density at radius 2 is 1.93 bits per heavy atom. The van der Waals surface area contributed by atoms with Crippen LogP contribution in [0.3, 0.4) is 0 Å². The van der Waals surface area contributed by atoms with E-state index in [4.69, 9.17) is 10.5 Å². The second-order valence-corrected chi connectivity index (χ2v) is 10.8. The lowest BCUT2D eigenvalue weighted by molar-refractivity contribution is 0.102. The molecule has 4 aromatic heterocycles. The van der Waals surface area contributed by atoms with Crippen LogP contribution in [0.15, 0.2) is 61.2 Å². The number of rotatable bonds is 6. The molecule has 1 atom stereocenters. The number of piperidine rings is 1. The Bertz CT molecular complexity index is 1690. The Hall–Kier alpha value is -4.32. The minimum Gasteiger partial charge on any atom is -0.378 e. The standard InChI is InChI=1S/C30H33N9O2/c31-22-2-1-8-37(17-22)18-24-14-21(15-27-32-7-9-39(24)27)30(40)35-23-5-3-20(4-6-23)26-16-25-28(36-26)33-19-34-29(25)38-10-12-41-13-11-38/h3-7,9,14-16,19,22H,1-2,8,10-13,17-18,31H2,(H,35,40)(H,33,34,36)/t22-/m1/s1. The normalized spacial score (nSPS) is 18.3. The fraction of sp³-hybridized carbons (Fsp3) is 0.333. The van der Waals surface area contributed by atoms with Gasteiger partial charge in [-0.1, -0.05) is 12.1 Å². The van der Waals surface area contributed by atoms with Crippen LogP contribution in [0.1, 0.15) is 28.9 Å². The van der Waals surface area contributed by atoms with E-state index in [1.54, 1.807) is 12.5 Å². The summed E-state index contributed by atoms with van der Waals surface area (Å²) in [6.07, 6.45) is 7.45. The number of pyridine rings is 1. The molecule has 0 radical (unpaired) electrons. The number of amides is 1. The number of imidazole rings is 1. The highest BCUT2D eigenvalue weighted by atomic mass is 16.5. The minimum atomic E-state index is -0.170. The highest BCUT2D eigenvalue weighted by Crippen LogP contribution is 2.30. The summed E-state index contributed by atoms with van der Waals surface area (Å²) in [5, 5.41) is 4.03. The molecule has 6 heterocycles. The van der Waals surface area contributed by atoms with Crippen molar-refractivity contribution in [3.05, 3.63) is 72.4 Å². The Morgan fingerprint density at radius 1 is 1.07 bits per heavy atom. The Balaban J connectivity index is 1.09. The monoisotopic (exact) mass is 551 g/mol. The number of aromatic nitrogens is 5. The summed E-state index contributed by atoms with van der Waals surface area (Å²) < 4.78 is 7.54. The number of aromatic amines is 1. The van der Waals surface area contributed by atoms with E-state index in [1.807, 2.05) is 47.0 Å². The van der Waals surface area contributed by atoms with E-state index < -0.39 is 0 Å². The minimum absolute atomic E-state index is 0.170. The first-order chi connectivity index (χ1) is 20.1. The van der Waals surface area contributed by atoms with Crippen LogP contribution < -0.4 is 16.0 Å². The van der Waals surface area contributed by atoms with Crippen LogP contribution in [0.4, 0.5) is 11.5 Å². The van der Waals surface area contributed by atoms with Crippen molar-refractivity contribution in [3.8, 4) is 11.3 Å². The predicted octanol–water partition coefficient (Wildman–Crippen LogP) is 3.28. The third-order valence-corrected chi connectivity index (χ3v) is 7.94. The zero-order valence-electron chi connectivity index (χ0n) is 22.8. The first-order valence-corrected chi connectivity index (χ1v) is 14.1. The molecule has 1 amide bonds. The van der Waals surface area contributed by atoms with Crippen LogP contribution in [0, 0.1) is 0 Å². The molecule has 210 valence electrons. The van der Waals surface area contributed by atoms with E-state index in [9.17, 15) is 4.79 Å². The number of carbonyl (C=O) groups is 1. The van der Waals surface area contributed by atoms with Crippen molar-refractivity contribution in [3.63, 3.8) is 0 Å². The van der Waals surface area contributed by atoms with Crippen molar-refractivity contribution in [2.75, 3.05) is 49.6 Å². The molecule has 41 heavy (non-hydrogen) atoms. The summed E-state index contributed by atoms with van der Waals surface area (Å²) in [6, 6.07) is 13.9. The summed E-state index contributed by atoms with van der Waals surface area (Å²) in [7, 11) is 0. The van der Waals surface area contributed by atoms with Crippen LogP contribution in [0.25, 0.3) is 27.9 Å². The lowest BCUT2D eigenvalue weighted by Crippen LogP contribution is -2.42. The zero-order chi connectivity index (χ0) is 27.8. The number of ether oxygens (including phenoxy) is 1. The molecule has 7 rings (SSSR count). The van der Waals surface area contributed by atoms with E-state index in [2.05, 4.69) is 41.1 Å². The number of fused-ring (bicyclic) bond motifs is 2. The molecular weight excluding hydrogens is 518 g/mol. The summed E-state index contributed by atoms with van der Waals surface area (Å²) in [4.78, 5) is 34.8. The number of nitrogens with two attached hydrogens (primary N) is 1. The highest BCUT2D eigenvalue weighted by molar-refractivity contribution is 6.05. The summed E-state index contributed by atoms with van der Waals surface area (Å²) >= 11 is 0. The van der Waals surface area contributed by atoms with Crippen molar-refractivity contribution in [1.82, 2.24) is 29.2 Å². The molecular formula is C30H33N9O2. The molecule has 0 bridgehead atoms. The van der Waals surface area contributed by atoms with Crippen LogP contribution in [-0.4, -0.2) is 80.6 Å². The Morgan fingerprint density at radius 3 is 2.76 bits per heavy atom. The highest BCUT2D eigenvalue weighted by Gasteiger charge is 2.20. The lowest BCUT2D eigenvalue weighted by atomic mass is 10.1. The van der Waals surface area contributed by atoms with Gasteiger partial charge in [0.1, 0.15) is 23.4 Å². The number of nitrogens with one attached hydrogen (secondary N) is 2. The van der Waals surface area contributed by atoms with Gasteiger partial charge in [-0.05, 0) is 55.3 Å². The van der Waals surface area contributed by atoms with Gasteiger partial charge in [0.25, 0.3) is 5.91 Å². The number of nitrogens with zero attached hydrogens (tertiary/aromatic N) is 6. The molecule has 1 aromatic carbocycles. The van der Waals surface area contributed by atoms with Crippen molar-refractivity contribution in [2.24, 2.45) is 5.73 Å². The van der Waals surface area contributed by atoms with Gasteiger partial charge in [-0.3, -0.25) is 9.69 Å². The van der Waals surface area contributed by atoms with Gasteiger partial charge >= 0.3 is 0 Å². The largest absolute Gasteiger partial charge is 0.378 e. The predicted molar refractivity (Wildman–Crippen MR) is 158 cm³/mol. The van der Waals surface area contributed by atoms with Crippen molar-refractivity contribution >= 4 is 34.1 Å². The van der Waals surface area contributed by atoms with E-state index in [-0.39, 0.29) is 11.9 Å². The molecule has 2 aliphatic heterocycles. The van der Waals surface area contributed by atoms with Gasteiger partial charge < -0.3 is 30.1 Å². The van der Waals surface area contributed by atoms with Crippen molar-refractivity contribution in [2.45, 2.75) is 25.4 Å². The molecule has 4 N–H and O–H groups in total. The smallest absolute Gasteiger partial charge is 0.255 e. The van der Waals surface area contributed by atoms with Gasteiger partial charge in [-0.15, -0.1) is 0 Å². The molecule has 2 fully saturated rings. The van der Waals surface area contributed by atoms with Crippen molar-refractivity contribution < 1.29 is 9.53 Å². The molecule has 0 aliphatic carbocycles. The van der Waals surface area contributed by atoms with Gasteiger partial charge in [0.05, 0.1) is 18.6 Å². The number of carbonyl (C=O) groups excluding carboxylic acids is 1. The molecule has 11 nitrogen and oxygen atoms in total. The summed E-state index contributed by atoms with van der Waals surface area (Å²) in [5.74, 6) is 0.748. The molecule has 5 aromatic rings. The van der Waals surface area contributed by atoms with Gasteiger partial charge in [0.2, 0.25) is 0 Å². The van der Waals surface area contributed by atoms with Gasteiger partial charge in [-0.25, -0.2) is 15.0 Å². The Kier molecular flexibility index (Phi) is 6.83. The zero-order valence-corrected chi connectivity index (χ0v) is 22.8. The number of morpholine rings is 1. The van der Waals surface area contributed by atoms with E-state index >= 15 is 0 Å². The first-order valence-electron chi connectivity index (χ1n) is 14.1.